The molecule has 5 nitrogen and oxygen atoms in total. The molecule has 1 N–H and O–H groups in total. The molecule has 1 aliphatic rings. The molecule has 1 aromatic heterocycles. The highest BCUT2D eigenvalue weighted by Crippen LogP contribution is 2.22. The molecule has 2 heterocycles. The zero-order valence-electron chi connectivity index (χ0n) is 13.2. The Kier molecular flexibility index (Phi) is 5.19. The summed E-state index contributed by atoms with van der Waals surface area (Å²) in [7, 11) is 2.02. The zero-order valence-corrected chi connectivity index (χ0v) is 13.2. The van der Waals surface area contributed by atoms with Crippen LogP contribution in [0.4, 0.5) is 0 Å². The monoisotopic (exact) mass is 300 g/mol. The van der Waals surface area contributed by atoms with Gasteiger partial charge in [0.05, 0.1) is 6.54 Å². The van der Waals surface area contributed by atoms with Gasteiger partial charge in [-0.05, 0) is 51.9 Å². The normalized spacial score (nSPS) is 17.0. The Morgan fingerprint density at radius 3 is 2.73 bits per heavy atom. The van der Waals surface area contributed by atoms with Gasteiger partial charge in [0.2, 0.25) is 11.7 Å². The predicted molar refractivity (Wildman–Crippen MR) is 86.3 cm³/mol. The van der Waals surface area contributed by atoms with Crippen molar-refractivity contribution in [2.24, 2.45) is 5.92 Å². The lowest BCUT2D eigenvalue weighted by molar-refractivity contribution is 0.155. The van der Waals surface area contributed by atoms with Gasteiger partial charge in [-0.1, -0.05) is 35.5 Å². The quantitative estimate of drug-likeness (QED) is 0.888. The lowest BCUT2D eigenvalue weighted by atomic mass is 9.93. The van der Waals surface area contributed by atoms with Crippen LogP contribution < -0.4 is 5.32 Å². The minimum Gasteiger partial charge on any atom is -0.338 e. The maximum Gasteiger partial charge on any atom is 0.241 e. The van der Waals surface area contributed by atoms with E-state index in [1.165, 1.54) is 19.3 Å². The van der Waals surface area contributed by atoms with E-state index in [4.69, 9.17) is 4.52 Å². The van der Waals surface area contributed by atoms with Crippen molar-refractivity contribution in [1.82, 2.24) is 20.4 Å². The second kappa shape index (κ2) is 7.51. The van der Waals surface area contributed by atoms with E-state index in [0.29, 0.717) is 11.7 Å². The number of hydrogen-bond donors (Lipinski definition) is 1. The van der Waals surface area contributed by atoms with Crippen LogP contribution in [-0.2, 0) is 6.54 Å². The Labute approximate surface area is 131 Å². The third kappa shape index (κ3) is 3.93. The molecule has 0 aliphatic carbocycles. The lowest BCUT2D eigenvalue weighted by Gasteiger charge is -2.30. The molecule has 1 fully saturated rings. The van der Waals surface area contributed by atoms with Crippen molar-refractivity contribution in [2.45, 2.75) is 25.8 Å². The molecule has 3 rings (SSSR count). The molecule has 0 atom stereocenters. The first kappa shape index (κ1) is 15.2. The lowest BCUT2D eigenvalue weighted by Crippen LogP contribution is -2.34. The molecule has 22 heavy (non-hydrogen) atoms. The molecule has 0 saturated carbocycles. The third-order valence-corrected chi connectivity index (χ3v) is 4.37. The molecule has 1 saturated heterocycles. The van der Waals surface area contributed by atoms with E-state index in [1.807, 2.05) is 37.4 Å². The van der Waals surface area contributed by atoms with Crippen molar-refractivity contribution in [2.75, 3.05) is 26.7 Å². The molecule has 118 valence electrons. The summed E-state index contributed by atoms with van der Waals surface area (Å²) < 4.78 is 5.40. The van der Waals surface area contributed by atoms with Gasteiger partial charge in [-0.2, -0.15) is 4.98 Å². The van der Waals surface area contributed by atoms with Gasteiger partial charge in [0.15, 0.2) is 0 Å². The molecule has 0 spiro atoms. The molecule has 1 aromatic carbocycles. The summed E-state index contributed by atoms with van der Waals surface area (Å²) in [6.07, 6.45) is 3.81. The van der Waals surface area contributed by atoms with Gasteiger partial charge in [-0.3, -0.25) is 4.90 Å². The third-order valence-electron chi connectivity index (χ3n) is 4.37. The van der Waals surface area contributed by atoms with Gasteiger partial charge in [0, 0.05) is 5.56 Å². The molecule has 0 bridgehead atoms. The summed E-state index contributed by atoms with van der Waals surface area (Å²) in [5, 5.41) is 7.32. The van der Waals surface area contributed by atoms with Crippen LogP contribution in [0, 0.1) is 5.92 Å². The van der Waals surface area contributed by atoms with Crippen LogP contribution in [-0.4, -0.2) is 41.7 Å². The van der Waals surface area contributed by atoms with E-state index in [9.17, 15) is 0 Å². The Bertz CT molecular complexity index is 561. The number of nitrogens with zero attached hydrogens (tertiary/aromatic N) is 3. The molecule has 2 aromatic rings. The minimum absolute atomic E-state index is 0.680. The van der Waals surface area contributed by atoms with Gasteiger partial charge in [0.1, 0.15) is 0 Å². The van der Waals surface area contributed by atoms with E-state index in [1.54, 1.807) is 0 Å². The average Bonchev–Trinajstić information content (AvgIpc) is 3.04. The number of piperidine rings is 1. The van der Waals surface area contributed by atoms with Crippen LogP contribution in [0.15, 0.2) is 34.9 Å². The summed E-state index contributed by atoms with van der Waals surface area (Å²) in [5.74, 6) is 2.25. The van der Waals surface area contributed by atoms with Gasteiger partial charge in [0.25, 0.3) is 0 Å². The first-order valence-electron chi connectivity index (χ1n) is 8.10. The molecule has 0 unspecified atom stereocenters. The van der Waals surface area contributed by atoms with Crippen molar-refractivity contribution >= 4 is 0 Å². The maximum atomic E-state index is 5.40. The number of hydrogen-bond acceptors (Lipinski definition) is 5. The van der Waals surface area contributed by atoms with Crippen molar-refractivity contribution in [3.8, 4) is 11.4 Å². The van der Waals surface area contributed by atoms with Gasteiger partial charge < -0.3 is 9.84 Å². The number of likely N-dealkylation sites (tertiary alicyclic amines) is 1. The van der Waals surface area contributed by atoms with Crippen molar-refractivity contribution in [3.63, 3.8) is 0 Å². The van der Waals surface area contributed by atoms with Crippen molar-refractivity contribution < 1.29 is 4.52 Å². The van der Waals surface area contributed by atoms with E-state index in [0.717, 1.165) is 37.7 Å². The molecular formula is C17H24N4O. The summed E-state index contributed by atoms with van der Waals surface area (Å²) in [6, 6.07) is 9.97. The van der Waals surface area contributed by atoms with Gasteiger partial charge in [-0.25, -0.2) is 0 Å². The fourth-order valence-corrected chi connectivity index (χ4v) is 3.00. The highest BCUT2D eigenvalue weighted by atomic mass is 16.5. The Hall–Kier alpha value is -1.72. The molecule has 0 amide bonds. The second-order valence-electron chi connectivity index (χ2n) is 5.99. The summed E-state index contributed by atoms with van der Waals surface area (Å²) >= 11 is 0. The predicted octanol–water partition coefficient (Wildman–Crippen LogP) is 2.56. The highest BCUT2D eigenvalue weighted by Gasteiger charge is 2.20. The van der Waals surface area contributed by atoms with Crippen LogP contribution in [0.3, 0.4) is 0 Å². The first-order chi connectivity index (χ1) is 10.8. The number of nitrogens with one attached hydrogen (secondary N) is 1. The van der Waals surface area contributed by atoms with Crippen LogP contribution in [0.5, 0.6) is 0 Å². The van der Waals surface area contributed by atoms with Crippen LogP contribution in [0.25, 0.3) is 11.4 Å². The largest absolute Gasteiger partial charge is 0.338 e. The van der Waals surface area contributed by atoms with E-state index in [2.05, 4.69) is 20.4 Å². The zero-order chi connectivity index (χ0) is 15.2. The van der Waals surface area contributed by atoms with Gasteiger partial charge >= 0.3 is 0 Å². The van der Waals surface area contributed by atoms with Crippen LogP contribution in [0.1, 0.15) is 25.2 Å². The summed E-state index contributed by atoms with van der Waals surface area (Å²) in [5.41, 5.74) is 1.00. The Morgan fingerprint density at radius 1 is 1.23 bits per heavy atom. The summed E-state index contributed by atoms with van der Waals surface area (Å²) in [6.45, 7) is 4.13. The van der Waals surface area contributed by atoms with Gasteiger partial charge in [-0.15, -0.1) is 0 Å². The Morgan fingerprint density at radius 2 is 2.00 bits per heavy atom. The summed E-state index contributed by atoms with van der Waals surface area (Å²) in [4.78, 5) is 6.93. The number of rotatable bonds is 6. The van der Waals surface area contributed by atoms with Crippen LogP contribution >= 0.6 is 0 Å². The molecule has 1 aliphatic heterocycles. The van der Waals surface area contributed by atoms with Crippen molar-refractivity contribution in [1.29, 1.82) is 0 Å². The molecule has 5 heteroatoms. The topological polar surface area (TPSA) is 54.2 Å². The maximum absolute atomic E-state index is 5.40. The average molecular weight is 300 g/mol. The van der Waals surface area contributed by atoms with E-state index < -0.39 is 0 Å². The molecule has 0 radical (unpaired) electrons. The van der Waals surface area contributed by atoms with E-state index in [-0.39, 0.29) is 0 Å². The number of benzene rings is 1. The fraction of sp³-hybridized carbons (Fsp3) is 0.529. The van der Waals surface area contributed by atoms with Crippen molar-refractivity contribution in [3.05, 3.63) is 36.2 Å². The first-order valence-corrected chi connectivity index (χ1v) is 8.10. The SMILES string of the molecule is CNCCC1CCN(Cc2nc(-c3ccccc3)no2)CC1. The number of aromatic nitrogens is 2. The standard InChI is InChI=1S/C17H24N4O/c1-18-10-7-14-8-11-21(12-9-14)13-16-19-17(20-22-16)15-5-3-2-4-6-15/h2-6,14,18H,7-13H2,1H3. The second-order valence-corrected chi connectivity index (χ2v) is 5.99. The minimum atomic E-state index is 0.680. The Balaban J connectivity index is 1.51. The fourth-order valence-electron chi connectivity index (χ4n) is 3.00. The van der Waals surface area contributed by atoms with Crippen LogP contribution in [0.2, 0.25) is 0 Å². The highest BCUT2D eigenvalue weighted by molar-refractivity contribution is 5.53. The van der Waals surface area contributed by atoms with E-state index >= 15 is 0 Å². The smallest absolute Gasteiger partial charge is 0.241 e. The molecular weight excluding hydrogens is 276 g/mol.